The molecule has 0 unspecified atom stereocenters. The summed E-state index contributed by atoms with van der Waals surface area (Å²) in [6.45, 7) is 6.86. The van der Waals surface area contributed by atoms with Crippen LogP contribution in [0.3, 0.4) is 0 Å². The van der Waals surface area contributed by atoms with E-state index in [-0.39, 0.29) is 0 Å². The molecular weight excluding hydrogens is 338 g/mol. The van der Waals surface area contributed by atoms with E-state index in [2.05, 4.69) is 36.3 Å². The van der Waals surface area contributed by atoms with Gasteiger partial charge in [-0.3, -0.25) is 4.98 Å². The third-order valence-corrected chi connectivity index (χ3v) is 4.81. The topological polar surface area (TPSA) is 71.8 Å². The zero-order chi connectivity index (χ0) is 18.6. The quantitative estimate of drug-likeness (QED) is 0.750. The molecule has 1 fully saturated rings. The van der Waals surface area contributed by atoms with Crippen LogP contribution in [0, 0.1) is 13.8 Å². The standard InChI is InChI=1S/C20H25N7/c1-15-10-16(2)27(25-15)20-14-21-13-18(24-20)23-12-17-6-7-22-19(11-17)26-8-4-3-5-9-26/h6-7,10-11,13-14H,3-5,8-9,12H2,1-2H3,(H,23,24). The summed E-state index contributed by atoms with van der Waals surface area (Å²) in [6, 6.07) is 6.23. The molecule has 3 aromatic rings. The van der Waals surface area contributed by atoms with E-state index in [1.807, 2.05) is 36.9 Å². The van der Waals surface area contributed by atoms with Crippen LogP contribution >= 0.6 is 0 Å². The van der Waals surface area contributed by atoms with Crippen molar-refractivity contribution in [1.29, 1.82) is 0 Å². The molecule has 0 spiro atoms. The molecule has 0 bridgehead atoms. The number of piperidine rings is 1. The van der Waals surface area contributed by atoms with Crippen molar-refractivity contribution in [3.8, 4) is 5.82 Å². The predicted molar refractivity (Wildman–Crippen MR) is 106 cm³/mol. The van der Waals surface area contributed by atoms with Crippen LogP contribution in [-0.4, -0.2) is 37.8 Å². The maximum Gasteiger partial charge on any atom is 0.174 e. The van der Waals surface area contributed by atoms with Gasteiger partial charge in [-0.1, -0.05) is 0 Å². The molecular formula is C20H25N7. The van der Waals surface area contributed by atoms with Crippen molar-refractivity contribution in [2.24, 2.45) is 0 Å². The number of rotatable bonds is 5. The Morgan fingerprint density at radius 2 is 1.89 bits per heavy atom. The van der Waals surface area contributed by atoms with Crippen molar-refractivity contribution in [2.75, 3.05) is 23.3 Å². The summed E-state index contributed by atoms with van der Waals surface area (Å²) < 4.78 is 1.81. The monoisotopic (exact) mass is 363 g/mol. The van der Waals surface area contributed by atoms with E-state index in [0.717, 1.165) is 36.1 Å². The number of aromatic nitrogens is 5. The molecule has 0 atom stereocenters. The number of hydrogen-bond acceptors (Lipinski definition) is 6. The molecule has 0 saturated carbocycles. The summed E-state index contributed by atoms with van der Waals surface area (Å²) in [5.74, 6) is 2.52. The Balaban J connectivity index is 1.46. The van der Waals surface area contributed by atoms with Crippen molar-refractivity contribution in [2.45, 2.75) is 39.7 Å². The fraction of sp³-hybridized carbons (Fsp3) is 0.400. The van der Waals surface area contributed by atoms with Crippen LogP contribution in [0.5, 0.6) is 0 Å². The summed E-state index contributed by atoms with van der Waals surface area (Å²) in [5, 5.41) is 7.84. The molecule has 1 N–H and O–H groups in total. The summed E-state index contributed by atoms with van der Waals surface area (Å²) >= 11 is 0. The van der Waals surface area contributed by atoms with Crippen LogP contribution in [0.2, 0.25) is 0 Å². The van der Waals surface area contributed by atoms with Crippen LogP contribution < -0.4 is 10.2 Å². The highest BCUT2D eigenvalue weighted by Crippen LogP contribution is 2.19. The smallest absolute Gasteiger partial charge is 0.174 e. The van der Waals surface area contributed by atoms with Gasteiger partial charge in [-0.25, -0.2) is 14.6 Å². The van der Waals surface area contributed by atoms with Gasteiger partial charge in [0.15, 0.2) is 5.82 Å². The van der Waals surface area contributed by atoms with Gasteiger partial charge in [0.05, 0.1) is 18.1 Å². The second kappa shape index (κ2) is 7.73. The molecule has 1 aliphatic rings. The number of hydrogen-bond donors (Lipinski definition) is 1. The second-order valence-electron chi connectivity index (χ2n) is 7.02. The normalized spacial score (nSPS) is 14.4. The van der Waals surface area contributed by atoms with Gasteiger partial charge in [-0.05, 0) is 56.9 Å². The number of anilines is 2. The molecule has 1 saturated heterocycles. The minimum absolute atomic E-state index is 0.679. The molecule has 7 nitrogen and oxygen atoms in total. The fourth-order valence-electron chi connectivity index (χ4n) is 3.46. The molecule has 4 heterocycles. The minimum Gasteiger partial charge on any atom is -0.365 e. The SMILES string of the molecule is Cc1cc(C)n(-c2cncc(NCc3ccnc(N4CCCCC4)c3)n2)n1. The van der Waals surface area contributed by atoms with Gasteiger partial charge in [0.25, 0.3) is 0 Å². The zero-order valence-electron chi connectivity index (χ0n) is 15.9. The Morgan fingerprint density at radius 1 is 1.04 bits per heavy atom. The number of nitrogens with zero attached hydrogens (tertiary/aromatic N) is 6. The van der Waals surface area contributed by atoms with Crippen LogP contribution in [0.4, 0.5) is 11.6 Å². The molecule has 27 heavy (non-hydrogen) atoms. The molecule has 7 heteroatoms. The van der Waals surface area contributed by atoms with E-state index in [1.54, 1.807) is 12.4 Å². The Morgan fingerprint density at radius 3 is 2.67 bits per heavy atom. The lowest BCUT2D eigenvalue weighted by molar-refractivity contribution is 0.573. The first-order valence-corrected chi connectivity index (χ1v) is 9.48. The Kier molecular flexibility index (Phi) is 5.00. The lowest BCUT2D eigenvalue weighted by atomic mass is 10.1. The van der Waals surface area contributed by atoms with Crippen LogP contribution in [-0.2, 0) is 6.54 Å². The average molecular weight is 363 g/mol. The third kappa shape index (κ3) is 4.07. The van der Waals surface area contributed by atoms with Gasteiger partial charge < -0.3 is 10.2 Å². The van der Waals surface area contributed by atoms with Crippen molar-refractivity contribution in [3.05, 3.63) is 53.7 Å². The summed E-state index contributed by atoms with van der Waals surface area (Å²) in [7, 11) is 0. The number of pyridine rings is 1. The summed E-state index contributed by atoms with van der Waals surface area (Å²) in [5.41, 5.74) is 3.19. The first-order chi connectivity index (χ1) is 13.2. The first-order valence-electron chi connectivity index (χ1n) is 9.48. The van der Waals surface area contributed by atoms with E-state index >= 15 is 0 Å². The average Bonchev–Trinajstić information content (AvgIpc) is 3.06. The fourth-order valence-corrected chi connectivity index (χ4v) is 3.46. The largest absolute Gasteiger partial charge is 0.365 e. The number of aryl methyl sites for hydroxylation is 2. The van der Waals surface area contributed by atoms with Gasteiger partial charge in [-0.2, -0.15) is 5.10 Å². The van der Waals surface area contributed by atoms with Gasteiger partial charge in [0, 0.05) is 31.5 Å². The summed E-state index contributed by atoms with van der Waals surface area (Å²) in [6.07, 6.45) is 9.17. The van der Waals surface area contributed by atoms with Crippen LogP contribution in [0.25, 0.3) is 5.82 Å². The molecule has 0 aromatic carbocycles. The van der Waals surface area contributed by atoms with Crippen LogP contribution in [0.1, 0.15) is 36.2 Å². The molecule has 4 rings (SSSR count). The predicted octanol–water partition coefficient (Wildman–Crippen LogP) is 3.28. The molecule has 0 amide bonds. The molecule has 0 aliphatic carbocycles. The van der Waals surface area contributed by atoms with E-state index in [0.29, 0.717) is 12.4 Å². The highest BCUT2D eigenvalue weighted by Gasteiger charge is 2.12. The highest BCUT2D eigenvalue weighted by atomic mass is 15.3. The first kappa shape index (κ1) is 17.5. The molecule has 140 valence electrons. The third-order valence-electron chi connectivity index (χ3n) is 4.81. The number of nitrogens with one attached hydrogen (secondary N) is 1. The second-order valence-corrected chi connectivity index (χ2v) is 7.02. The van der Waals surface area contributed by atoms with Gasteiger partial charge in [-0.15, -0.1) is 0 Å². The molecule has 1 aliphatic heterocycles. The highest BCUT2D eigenvalue weighted by molar-refractivity contribution is 5.43. The van der Waals surface area contributed by atoms with Crippen molar-refractivity contribution >= 4 is 11.6 Å². The maximum absolute atomic E-state index is 4.65. The van der Waals surface area contributed by atoms with E-state index < -0.39 is 0 Å². The van der Waals surface area contributed by atoms with Gasteiger partial charge in [0.2, 0.25) is 0 Å². The van der Waals surface area contributed by atoms with Gasteiger partial charge >= 0.3 is 0 Å². The Labute approximate surface area is 159 Å². The van der Waals surface area contributed by atoms with Gasteiger partial charge in [0.1, 0.15) is 11.6 Å². The lowest BCUT2D eigenvalue weighted by Crippen LogP contribution is -2.30. The van der Waals surface area contributed by atoms with Crippen molar-refractivity contribution < 1.29 is 0 Å². The van der Waals surface area contributed by atoms with E-state index in [1.165, 1.54) is 24.8 Å². The molecule has 3 aromatic heterocycles. The lowest BCUT2D eigenvalue weighted by Gasteiger charge is -2.27. The minimum atomic E-state index is 0.679. The van der Waals surface area contributed by atoms with E-state index in [9.17, 15) is 0 Å². The zero-order valence-corrected chi connectivity index (χ0v) is 15.9. The van der Waals surface area contributed by atoms with E-state index in [4.69, 9.17) is 0 Å². The Bertz CT molecular complexity index is 912. The molecule has 0 radical (unpaired) electrons. The maximum atomic E-state index is 4.65. The van der Waals surface area contributed by atoms with Crippen molar-refractivity contribution in [3.63, 3.8) is 0 Å². The summed E-state index contributed by atoms with van der Waals surface area (Å²) in [4.78, 5) is 15.9. The Hall–Kier alpha value is -2.96. The van der Waals surface area contributed by atoms with Crippen molar-refractivity contribution in [1.82, 2.24) is 24.7 Å². The van der Waals surface area contributed by atoms with Crippen LogP contribution in [0.15, 0.2) is 36.8 Å².